The van der Waals surface area contributed by atoms with Gasteiger partial charge in [-0.15, -0.1) is 0 Å². The first-order chi connectivity index (χ1) is 9.47. The van der Waals surface area contributed by atoms with Gasteiger partial charge in [0, 0.05) is 44.3 Å². The first kappa shape index (κ1) is 16.3. The average Bonchev–Trinajstić information content (AvgIpc) is 2.41. The summed E-state index contributed by atoms with van der Waals surface area (Å²) >= 11 is 0. The normalized spacial score (nSPS) is 28.6. The Kier molecular flexibility index (Phi) is 5.88. The van der Waals surface area contributed by atoms with Gasteiger partial charge in [-0.2, -0.15) is 0 Å². The molecule has 2 fully saturated rings. The van der Waals surface area contributed by atoms with Crippen molar-refractivity contribution in [3.8, 4) is 0 Å². The molecule has 0 spiro atoms. The minimum atomic E-state index is 0.703. The van der Waals surface area contributed by atoms with Crippen LogP contribution < -0.4 is 0 Å². The number of piperazine rings is 1. The molecule has 20 heavy (non-hydrogen) atoms. The summed E-state index contributed by atoms with van der Waals surface area (Å²) in [6.07, 6.45) is 2.80. The third-order valence-electron chi connectivity index (χ3n) is 5.40. The monoisotopic (exact) mass is 281 g/mol. The molecule has 0 aliphatic carbocycles. The summed E-state index contributed by atoms with van der Waals surface area (Å²) in [5.74, 6) is 0.929. The van der Waals surface area contributed by atoms with Crippen LogP contribution in [0.25, 0.3) is 0 Å². The van der Waals surface area contributed by atoms with Gasteiger partial charge >= 0.3 is 0 Å². The van der Waals surface area contributed by atoms with E-state index in [0.717, 1.165) is 18.0 Å². The smallest absolute Gasteiger partial charge is 0.0195 e. The van der Waals surface area contributed by atoms with Crippen LogP contribution in [0.1, 0.15) is 47.5 Å². The molecule has 0 aromatic carbocycles. The van der Waals surface area contributed by atoms with Crippen molar-refractivity contribution >= 4 is 0 Å². The first-order valence-electron chi connectivity index (χ1n) is 8.69. The molecule has 0 bridgehead atoms. The van der Waals surface area contributed by atoms with Crippen molar-refractivity contribution in [2.75, 3.05) is 39.3 Å². The third-order valence-corrected chi connectivity index (χ3v) is 5.40. The summed E-state index contributed by atoms with van der Waals surface area (Å²) in [7, 11) is 0. The predicted octanol–water partition coefficient (Wildman–Crippen LogP) is 2.52. The highest BCUT2D eigenvalue weighted by Crippen LogP contribution is 2.22. The van der Waals surface area contributed by atoms with E-state index in [4.69, 9.17) is 0 Å². The van der Waals surface area contributed by atoms with Crippen LogP contribution in [-0.2, 0) is 0 Å². The quantitative estimate of drug-likeness (QED) is 0.784. The molecule has 0 unspecified atom stereocenters. The Hall–Kier alpha value is -0.120. The Labute approximate surface area is 126 Å². The first-order valence-corrected chi connectivity index (χ1v) is 8.69. The Morgan fingerprint density at radius 2 is 1.45 bits per heavy atom. The van der Waals surface area contributed by atoms with Gasteiger partial charge in [-0.3, -0.25) is 9.80 Å². The molecule has 2 heterocycles. The van der Waals surface area contributed by atoms with Crippen molar-refractivity contribution in [1.82, 2.24) is 14.7 Å². The number of rotatable bonds is 4. The van der Waals surface area contributed by atoms with Crippen LogP contribution in [0.5, 0.6) is 0 Å². The molecule has 2 saturated heterocycles. The number of hydrogen-bond acceptors (Lipinski definition) is 3. The molecule has 118 valence electrons. The van der Waals surface area contributed by atoms with E-state index in [2.05, 4.69) is 49.3 Å². The lowest BCUT2D eigenvalue weighted by molar-refractivity contribution is 0.0409. The van der Waals surface area contributed by atoms with Crippen LogP contribution >= 0.6 is 0 Å². The van der Waals surface area contributed by atoms with E-state index in [0.29, 0.717) is 6.04 Å². The summed E-state index contributed by atoms with van der Waals surface area (Å²) in [4.78, 5) is 8.01. The summed E-state index contributed by atoms with van der Waals surface area (Å²) in [5, 5.41) is 0. The van der Waals surface area contributed by atoms with Crippen LogP contribution in [0.15, 0.2) is 0 Å². The number of likely N-dealkylation sites (tertiary alicyclic amines) is 1. The minimum absolute atomic E-state index is 0.703. The van der Waals surface area contributed by atoms with Gasteiger partial charge in [0.15, 0.2) is 0 Å². The topological polar surface area (TPSA) is 9.72 Å². The van der Waals surface area contributed by atoms with Crippen LogP contribution in [0, 0.1) is 5.92 Å². The molecule has 0 N–H and O–H groups in total. The SMILES string of the molecule is CC(C)N1CCC(CN2CCN(C(C)C)C[C@@H]2C)CC1. The largest absolute Gasteiger partial charge is 0.301 e. The number of piperidine rings is 1. The van der Waals surface area contributed by atoms with Crippen molar-refractivity contribution in [3.05, 3.63) is 0 Å². The van der Waals surface area contributed by atoms with Gasteiger partial charge < -0.3 is 4.90 Å². The van der Waals surface area contributed by atoms with Crippen molar-refractivity contribution in [3.63, 3.8) is 0 Å². The molecule has 0 aromatic rings. The van der Waals surface area contributed by atoms with Crippen molar-refractivity contribution in [2.45, 2.75) is 65.6 Å². The molecular formula is C17H35N3. The highest BCUT2D eigenvalue weighted by atomic mass is 15.3. The van der Waals surface area contributed by atoms with Gasteiger partial charge in [-0.1, -0.05) is 0 Å². The molecule has 1 atom stereocenters. The van der Waals surface area contributed by atoms with E-state index in [1.165, 1.54) is 52.1 Å². The minimum Gasteiger partial charge on any atom is -0.301 e. The van der Waals surface area contributed by atoms with Gasteiger partial charge in [0.1, 0.15) is 0 Å². The lowest BCUT2D eigenvalue weighted by Crippen LogP contribution is -2.55. The molecule has 3 heteroatoms. The van der Waals surface area contributed by atoms with E-state index in [1.54, 1.807) is 0 Å². The highest BCUT2D eigenvalue weighted by molar-refractivity contribution is 4.84. The molecule has 2 aliphatic rings. The van der Waals surface area contributed by atoms with Crippen LogP contribution in [-0.4, -0.2) is 72.1 Å². The Morgan fingerprint density at radius 1 is 0.850 bits per heavy atom. The van der Waals surface area contributed by atoms with Crippen LogP contribution in [0.3, 0.4) is 0 Å². The lowest BCUT2D eigenvalue weighted by atomic mass is 9.94. The summed E-state index contributed by atoms with van der Waals surface area (Å²) in [6.45, 7) is 19.4. The number of nitrogens with zero attached hydrogens (tertiary/aromatic N) is 3. The summed E-state index contributed by atoms with van der Waals surface area (Å²) in [6, 6.07) is 2.16. The fraction of sp³-hybridized carbons (Fsp3) is 1.00. The van der Waals surface area contributed by atoms with E-state index in [1.807, 2.05) is 0 Å². The lowest BCUT2D eigenvalue weighted by Gasteiger charge is -2.44. The van der Waals surface area contributed by atoms with Gasteiger partial charge in [-0.05, 0) is 66.5 Å². The average molecular weight is 281 g/mol. The van der Waals surface area contributed by atoms with Gasteiger partial charge in [0.2, 0.25) is 0 Å². The number of hydrogen-bond donors (Lipinski definition) is 0. The maximum absolute atomic E-state index is 2.74. The third kappa shape index (κ3) is 4.19. The molecule has 0 saturated carbocycles. The van der Waals surface area contributed by atoms with E-state index in [-0.39, 0.29) is 0 Å². The summed E-state index contributed by atoms with van der Waals surface area (Å²) < 4.78 is 0. The molecular weight excluding hydrogens is 246 g/mol. The van der Waals surface area contributed by atoms with Crippen LogP contribution in [0.2, 0.25) is 0 Å². The van der Waals surface area contributed by atoms with Crippen LogP contribution in [0.4, 0.5) is 0 Å². The second-order valence-corrected chi connectivity index (χ2v) is 7.51. The van der Waals surface area contributed by atoms with E-state index < -0.39 is 0 Å². The Bertz CT molecular complexity index is 282. The standard InChI is InChI=1S/C17H35N3/c1-14(2)18-8-6-17(7-9-18)13-20-11-10-19(15(3)4)12-16(20)5/h14-17H,6-13H2,1-5H3/t16-/m0/s1. The fourth-order valence-electron chi connectivity index (χ4n) is 3.75. The Balaban J connectivity index is 1.75. The molecule has 0 amide bonds. The maximum atomic E-state index is 2.74. The van der Waals surface area contributed by atoms with Gasteiger partial charge in [0.05, 0.1) is 0 Å². The second kappa shape index (κ2) is 7.24. The molecule has 2 aliphatic heterocycles. The van der Waals surface area contributed by atoms with E-state index in [9.17, 15) is 0 Å². The zero-order chi connectivity index (χ0) is 14.7. The Morgan fingerprint density at radius 3 is 1.95 bits per heavy atom. The molecule has 0 radical (unpaired) electrons. The fourth-order valence-corrected chi connectivity index (χ4v) is 3.75. The van der Waals surface area contributed by atoms with E-state index >= 15 is 0 Å². The molecule has 3 nitrogen and oxygen atoms in total. The van der Waals surface area contributed by atoms with Crippen molar-refractivity contribution in [2.24, 2.45) is 5.92 Å². The van der Waals surface area contributed by atoms with Crippen molar-refractivity contribution < 1.29 is 0 Å². The zero-order valence-electron chi connectivity index (χ0n) is 14.3. The molecule has 0 aromatic heterocycles. The maximum Gasteiger partial charge on any atom is 0.0195 e. The van der Waals surface area contributed by atoms with Gasteiger partial charge in [-0.25, -0.2) is 0 Å². The molecule has 2 rings (SSSR count). The highest BCUT2D eigenvalue weighted by Gasteiger charge is 2.28. The zero-order valence-corrected chi connectivity index (χ0v) is 14.3. The predicted molar refractivity (Wildman–Crippen MR) is 87.2 cm³/mol. The van der Waals surface area contributed by atoms with Gasteiger partial charge in [0.25, 0.3) is 0 Å². The second-order valence-electron chi connectivity index (χ2n) is 7.51. The van der Waals surface area contributed by atoms with Crippen molar-refractivity contribution in [1.29, 1.82) is 0 Å². The summed E-state index contributed by atoms with van der Waals surface area (Å²) in [5.41, 5.74) is 0.